The van der Waals surface area contributed by atoms with Crippen LogP contribution in [0.15, 0.2) is 48.5 Å². The highest BCUT2D eigenvalue weighted by atomic mass is 16.6. The minimum absolute atomic E-state index is 0.341. The molecule has 0 aliphatic carbocycles. The number of likely N-dealkylation sites (tertiary alicyclic amines) is 1. The highest BCUT2D eigenvalue weighted by Crippen LogP contribution is 2.45. The van der Waals surface area contributed by atoms with Crippen molar-refractivity contribution in [2.24, 2.45) is 0 Å². The number of benzene rings is 2. The molecular weight excluding hydrogens is 394 g/mol. The average Bonchev–Trinajstić information content (AvgIpc) is 3.10. The van der Waals surface area contributed by atoms with Crippen LogP contribution in [0.5, 0.6) is 11.5 Å². The van der Waals surface area contributed by atoms with Gasteiger partial charge >= 0.3 is 6.09 Å². The van der Waals surface area contributed by atoms with E-state index in [1.165, 1.54) is 5.56 Å². The molecule has 1 N–H and O–H groups in total. The maximum absolute atomic E-state index is 12.5. The van der Waals surface area contributed by atoms with Crippen molar-refractivity contribution in [3.05, 3.63) is 59.7 Å². The highest BCUT2D eigenvalue weighted by Gasteiger charge is 2.47. The fourth-order valence-corrected chi connectivity index (χ4v) is 4.21. The quantitative estimate of drug-likeness (QED) is 0.781. The molecule has 2 aromatic carbocycles. The molecule has 6 heteroatoms. The fraction of sp³-hybridized carbons (Fsp3) is 0.480. The summed E-state index contributed by atoms with van der Waals surface area (Å²) in [5, 5.41) is 10.8. The number of amides is 1. The Hall–Kier alpha value is -2.73. The van der Waals surface area contributed by atoms with Crippen molar-refractivity contribution >= 4 is 6.09 Å². The molecule has 0 unspecified atom stereocenters. The molecule has 31 heavy (non-hydrogen) atoms. The Labute approximate surface area is 183 Å². The second-order valence-electron chi connectivity index (χ2n) is 9.44. The number of nitrogens with zero attached hydrogens (tertiary/aromatic N) is 1. The third-order valence-electron chi connectivity index (χ3n) is 5.71. The van der Waals surface area contributed by atoms with E-state index >= 15 is 0 Å². The summed E-state index contributed by atoms with van der Waals surface area (Å²) in [5.74, 6) is 1.34. The second-order valence-corrected chi connectivity index (χ2v) is 9.44. The molecule has 0 aromatic heterocycles. The third-order valence-corrected chi connectivity index (χ3v) is 5.71. The van der Waals surface area contributed by atoms with E-state index in [2.05, 4.69) is 12.1 Å². The second kappa shape index (κ2) is 8.42. The van der Waals surface area contributed by atoms with Crippen molar-refractivity contribution in [1.82, 2.24) is 4.90 Å². The van der Waals surface area contributed by atoms with Gasteiger partial charge in [-0.2, -0.15) is 0 Å². The van der Waals surface area contributed by atoms with E-state index in [1.54, 1.807) is 4.90 Å². The normalized spacial score (nSPS) is 22.7. The van der Waals surface area contributed by atoms with E-state index in [0.29, 0.717) is 44.0 Å². The van der Waals surface area contributed by atoms with Crippen LogP contribution in [0, 0.1) is 0 Å². The first kappa shape index (κ1) is 21.5. The molecule has 2 aromatic rings. The van der Waals surface area contributed by atoms with Crippen molar-refractivity contribution in [2.75, 3.05) is 19.7 Å². The molecule has 1 saturated heterocycles. The van der Waals surface area contributed by atoms with Crippen LogP contribution in [-0.4, -0.2) is 47.0 Å². The molecule has 4 rings (SSSR count). The van der Waals surface area contributed by atoms with Crippen molar-refractivity contribution in [1.29, 1.82) is 0 Å². The molecule has 2 heterocycles. The van der Waals surface area contributed by atoms with Crippen molar-refractivity contribution in [3.8, 4) is 11.5 Å². The summed E-state index contributed by atoms with van der Waals surface area (Å²) >= 11 is 0. The zero-order valence-electron chi connectivity index (χ0n) is 18.5. The molecule has 1 amide bonds. The number of ether oxygens (including phenoxy) is 3. The van der Waals surface area contributed by atoms with Gasteiger partial charge in [-0.05, 0) is 38.5 Å². The molecule has 2 aliphatic heterocycles. The number of hydrogen-bond acceptors (Lipinski definition) is 5. The molecule has 1 fully saturated rings. The molecule has 166 valence electrons. The summed E-state index contributed by atoms with van der Waals surface area (Å²) < 4.78 is 17.8. The Balaban J connectivity index is 1.41. The van der Waals surface area contributed by atoms with Gasteiger partial charge in [0.25, 0.3) is 0 Å². The minimum atomic E-state index is -0.638. The van der Waals surface area contributed by atoms with E-state index in [0.717, 1.165) is 12.0 Å². The van der Waals surface area contributed by atoms with E-state index in [4.69, 9.17) is 14.2 Å². The van der Waals surface area contributed by atoms with Gasteiger partial charge in [0.2, 0.25) is 0 Å². The average molecular weight is 426 g/mol. The third kappa shape index (κ3) is 5.13. The van der Waals surface area contributed by atoms with E-state index in [1.807, 2.05) is 57.2 Å². The van der Waals surface area contributed by atoms with Crippen LogP contribution in [-0.2, 0) is 11.2 Å². The standard InChI is InChI=1S/C25H31NO5/c1-24(2,3)31-23(28)26-13-12-25(17-26)16-21(27)20-10-9-19(15-22(20)30-25)29-14-11-18-7-5-4-6-8-18/h4-10,15,21,27H,11-14,16-17H2,1-3H3/t21-,25+/m0/s1. The van der Waals surface area contributed by atoms with Gasteiger partial charge in [-0.25, -0.2) is 4.79 Å². The van der Waals surface area contributed by atoms with Gasteiger partial charge in [-0.15, -0.1) is 0 Å². The number of carbonyl (C=O) groups excluding carboxylic acids is 1. The zero-order chi connectivity index (χ0) is 22.1. The van der Waals surface area contributed by atoms with Crippen LogP contribution in [0.2, 0.25) is 0 Å². The maximum Gasteiger partial charge on any atom is 0.410 e. The van der Waals surface area contributed by atoms with Crippen molar-refractivity contribution < 1.29 is 24.1 Å². The first-order chi connectivity index (χ1) is 14.7. The Kier molecular flexibility index (Phi) is 5.84. The SMILES string of the molecule is CC(C)(C)OC(=O)N1CC[C@@]2(C[C@H](O)c3ccc(OCCc4ccccc4)cc3O2)C1. The largest absolute Gasteiger partial charge is 0.493 e. The number of aliphatic hydroxyl groups excluding tert-OH is 1. The van der Waals surface area contributed by atoms with Crippen LogP contribution >= 0.6 is 0 Å². The van der Waals surface area contributed by atoms with E-state index in [-0.39, 0.29) is 6.09 Å². The number of hydrogen-bond donors (Lipinski definition) is 1. The monoisotopic (exact) mass is 425 g/mol. The number of rotatable bonds is 4. The lowest BCUT2D eigenvalue weighted by Crippen LogP contribution is -2.45. The summed E-state index contributed by atoms with van der Waals surface area (Å²) in [7, 11) is 0. The van der Waals surface area contributed by atoms with Crippen LogP contribution in [0.3, 0.4) is 0 Å². The maximum atomic E-state index is 12.5. The summed E-state index contributed by atoms with van der Waals surface area (Å²) in [6.45, 7) is 7.07. The zero-order valence-corrected chi connectivity index (χ0v) is 18.5. The van der Waals surface area contributed by atoms with E-state index < -0.39 is 17.3 Å². The van der Waals surface area contributed by atoms with Crippen LogP contribution in [0.25, 0.3) is 0 Å². The summed E-state index contributed by atoms with van der Waals surface area (Å²) in [6, 6.07) is 15.8. The predicted octanol–water partition coefficient (Wildman–Crippen LogP) is 4.50. The molecular formula is C25H31NO5. The Morgan fingerprint density at radius 2 is 2.00 bits per heavy atom. The van der Waals surface area contributed by atoms with Crippen LogP contribution in [0.4, 0.5) is 4.79 Å². The molecule has 6 nitrogen and oxygen atoms in total. The molecule has 2 aliphatic rings. The van der Waals surface area contributed by atoms with Gasteiger partial charge in [0.05, 0.1) is 19.3 Å². The van der Waals surface area contributed by atoms with Gasteiger partial charge in [-0.1, -0.05) is 30.3 Å². The number of fused-ring (bicyclic) bond motifs is 1. The van der Waals surface area contributed by atoms with Gasteiger partial charge in [-0.3, -0.25) is 0 Å². The summed E-state index contributed by atoms with van der Waals surface area (Å²) in [4.78, 5) is 14.1. The highest BCUT2D eigenvalue weighted by molar-refractivity contribution is 5.68. The van der Waals surface area contributed by atoms with Gasteiger partial charge in [0.1, 0.15) is 22.7 Å². The Morgan fingerprint density at radius 1 is 1.23 bits per heavy atom. The summed E-state index contributed by atoms with van der Waals surface area (Å²) in [6.07, 6.45) is 0.942. The van der Waals surface area contributed by atoms with Crippen LogP contribution < -0.4 is 9.47 Å². The smallest absolute Gasteiger partial charge is 0.410 e. The number of aliphatic hydroxyl groups is 1. The lowest BCUT2D eigenvalue weighted by molar-refractivity contribution is -0.0133. The van der Waals surface area contributed by atoms with Crippen molar-refractivity contribution in [2.45, 2.75) is 57.3 Å². The Bertz CT molecular complexity index is 923. The molecule has 0 radical (unpaired) electrons. The minimum Gasteiger partial charge on any atom is -0.493 e. The lowest BCUT2D eigenvalue weighted by atomic mass is 9.88. The van der Waals surface area contributed by atoms with Gasteiger partial charge in [0.15, 0.2) is 0 Å². The first-order valence-corrected chi connectivity index (χ1v) is 10.9. The molecule has 0 bridgehead atoms. The van der Waals surface area contributed by atoms with Crippen molar-refractivity contribution in [3.63, 3.8) is 0 Å². The first-order valence-electron chi connectivity index (χ1n) is 10.9. The van der Waals surface area contributed by atoms with Gasteiger partial charge < -0.3 is 24.2 Å². The Morgan fingerprint density at radius 3 is 2.74 bits per heavy atom. The van der Waals surface area contributed by atoms with Gasteiger partial charge in [0, 0.05) is 37.4 Å². The lowest BCUT2D eigenvalue weighted by Gasteiger charge is -2.38. The topological polar surface area (TPSA) is 68.2 Å². The molecule has 0 saturated carbocycles. The van der Waals surface area contributed by atoms with Crippen LogP contribution in [0.1, 0.15) is 50.8 Å². The van der Waals surface area contributed by atoms with E-state index in [9.17, 15) is 9.90 Å². The predicted molar refractivity (Wildman–Crippen MR) is 117 cm³/mol. The summed E-state index contributed by atoms with van der Waals surface area (Å²) in [5.41, 5.74) is 0.834. The molecule has 2 atom stereocenters. The fourth-order valence-electron chi connectivity index (χ4n) is 4.21. The molecule has 1 spiro atoms. The number of carbonyl (C=O) groups is 1.